The van der Waals surface area contributed by atoms with Crippen molar-refractivity contribution in [1.82, 2.24) is 4.98 Å². The molecule has 5 heteroatoms. The summed E-state index contributed by atoms with van der Waals surface area (Å²) < 4.78 is 0. The van der Waals surface area contributed by atoms with Gasteiger partial charge in [0.25, 0.3) is 0 Å². The molecule has 0 aliphatic rings. The fourth-order valence-corrected chi connectivity index (χ4v) is 2.32. The highest BCUT2D eigenvalue weighted by Crippen LogP contribution is 2.18. The van der Waals surface area contributed by atoms with Crippen LogP contribution in [0, 0.1) is 5.92 Å². The van der Waals surface area contributed by atoms with Crippen molar-refractivity contribution in [3.63, 3.8) is 0 Å². The molecule has 0 fully saturated rings. The van der Waals surface area contributed by atoms with Crippen molar-refractivity contribution in [3.05, 3.63) is 11.1 Å². The van der Waals surface area contributed by atoms with E-state index < -0.39 is 5.97 Å². The van der Waals surface area contributed by atoms with Gasteiger partial charge >= 0.3 is 5.97 Å². The number of rotatable bonds is 8. The van der Waals surface area contributed by atoms with Gasteiger partial charge in [0.1, 0.15) is 0 Å². The predicted octanol–water partition coefficient (Wildman–Crippen LogP) is 3.47. The highest BCUT2D eigenvalue weighted by atomic mass is 32.1. The Morgan fingerprint density at radius 2 is 2.35 bits per heavy atom. The summed E-state index contributed by atoms with van der Waals surface area (Å²) in [4.78, 5) is 14.7. The minimum Gasteiger partial charge on any atom is -0.476 e. The molecule has 0 amide bonds. The van der Waals surface area contributed by atoms with E-state index in [1.165, 1.54) is 30.6 Å². The number of aromatic carboxylic acids is 1. The molecule has 0 bridgehead atoms. The third-order valence-corrected chi connectivity index (χ3v) is 3.61. The van der Waals surface area contributed by atoms with Crippen LogP contribution in [0.25, 0.3) is 0 Å². The number of hydrogen-bond acceptors (Lipinski definition) is 4. The number of nitrogens with one attached hydrogen (secondary N) is 1. The number of aromatic nitrogens is 1. The lowest BCUT2D eigenvalue weighted by atomic mass is 10.00. The first-order valence-corrected chi connectivity index (χ1v) is 6.98. The lowest BCUT2D eigenvalue weighted by Crippen LogP contribution is -2.13. The average molecular weight is 256 g/mol. The average Bonchev–Trinajstić information content (AvgIpc) is 2.78. The van der Waals surface area contributed by atoms with Crippen LogP contribution in [0.4, 0.5) is 5.13 Å². The van der Waals surface area contributed by atoms with Gasteiger partial charge < -0.3 is 10.4 Å². The molecule has 1 atom stereocenters. The molecule has 0 aliphatic carbocycles. The molecule has 1 aromatic heterocycles. The molecule has 2 N–H and O–H groups in total. The predicted molar refractivity (Wildman–Crippen MR) is 70.9 cm³/mol. The quantitative estimate of drug-likeness (QED) is 0.747. The largest absolute Gasteiger partial charge is 0.476 e. The van der Waals surface area contributed by atoms with Gasteiger partial charge in [0.15, 0.2) is 10.8 Å². The van der Waals surface area contributed by atoms with E-state index in [1.807, 2.05) is 0 Å². The van der Waals surface area contributed by atoms with E-state index in [1.54, 1.807) is 5.38 Å². The molecule has 0 aliphatic heterocycles. The molecule has 17 heavy (non-hydrogen) atoms. The SMILES string of the molecule is CCCCC(CC)CNc1nc(C(=O)O)cs1. The van der Waals surface area contributed by atoms with Gasteiger partial charge in [-0.15, -0.1) is 11.3 Å². The molecule has 1 aromatic rings. The summed E-state index contributed by atoms with van der Waals surface area (Å²) in [6, 6.07) is 0. The highest BCUT2D eigenvalue weighted by molar-refractivity contribution is 7.13. The molecule has 4 nitrogen and oxygen atoms in total. The van der Waals surface area contributed by atoms with Gasteiger partial charge in [0, 0.05) is 11.9 Å². The van der Waals surface area contributed by atoms with Gasteiger partial charge in [-0.1, -0.05) is 33.1 Å². The third kappa shape index (κ3) is 4.73. The van der Waals surface area contributed by atoms with Crippen LogP contribution in [-0.4, -0.2) is 22.6 Å². The van der Waals surface area contributed by atoms with Crippen LogP contribution in [-0.2, 0) is 0 Å². The Hall–Kier alpha value is -1.10. The maximum absolute atomic E-state index is 10.7. The first-order chi connectivity index (χ1) is 8.17. The zero-order valence-electron chi connectivity index (χ0n) is 10.4. The van der Waals surface area contributed by atoms with Crippen LogP contribution in [0.2, 0.25) is 0 Å². The summed E-state index contributed by atoms with van der Waals surface area (Å²) >= 11 is 1.35. The number of hydrogen-bond donors (Lipinski definition) is 2. The number of unbranched alkanes of at least 4 members (excludes halogenated alkanes) is 1. The number of anilines is 1. The Morgan fingerprint density at radius 3 is 2.88 bits per heavy atom. The Morgan fingerprint density at radius 1 is 1.59 bits per heavy atom. The second kappa shape index (κ2) is 7.27. The smallest absolute Gasteiger partial charge is 0.355 e. The van der Waals surface area contributed by atoms with Crippen LogP contribution < -0.4 is 5.32 Å². The number of thiazole rings is 1. The number of nitrogens with zero attached hydrogens (tertiary/aromatic N) is 1. The van der Waals surface area contributed by atoms with Crippen molar-refractivity contribution in [1.29, 1.82) is 0 Å². The van der Waals surface area contributed by atoms with Gasteiger partial charge in [-0.25, -0.2) is 9.78 Å². The van der Waals surface area contributed by atoms with Gasteiger partial charge in [-0.05, 0) is 12.3 Å². The second-order valence-corrected chi connectivity index (χ2v) is 5.00. The summed E-state index contributed by atoms with van der Waals surface area (Å²) in [5, 5.41) is 14.3. The summed E-state index contributed by atoms with van der Waals surface area (Å²) in [5.74, 6) is -0.320. The van der Waals surface area contributed by atoms with Crippen molar-refractivity contribution in [2.75, 3.05) is 11.9 Å². The lowest BCUT2D eigenvalue weighted by molar-refractivity contribution is 0.0691. The third-order valence-electron chi connectivity index (χ3n) is 2.81. The van der Waals surface area contributed by atoms with Crippen LogP contribution in [0.1, 0.15) is 50.0 Å². The summed E-state index contributed by atoms with van der Waals surface area (Å²) in [6.07, 6.45) is 4.83. The fraction of sp³-hybridized carbons (Fsp3) is 0.667. The number of carboxylic acid groups (broad SMARTS) is 1. The molecule has 96 valence electrons. The van der Waals surface area contributed by atoms with Crippen molar-refractivity contribution in [3.8, 4) is 0 Å². The summed E-state index contributed by atoms with van der Waals surface area (Å²) in [5.41, 5.74) is 0.124. The lowest BCUT2D eigenvalue weighted by Gasteiger charge is -2.14. The minimum absolute atomic E-state index is 0.124. The molecule has 0 aromatic carbocycles. The normalized spacial score (nSPS) is 12.4. The summed E-state index contributed by atoms with van der Waals surface area (Å²) in [6.45, 7) is 5.26. The molecular weight excluding hydrogens is 236 g/mol. The van der Waals surface area contributed by atoms with E-state index in [0.29, 0.717) is 11.0 Å². The Bertz CT molecular complexity index is 352. The highest BCUT2D eigenvalue weighted by Gasteiger charge is 2.10. The fourth-order valence-electron chi connectivity index (χ4n) is 1.63. The monoisotopic (exact) mass is 256 g/mol. The van der Waals surface area contributed by atoms with Crippen LogP contribution in [0.5, 0.6) is 0 Å². The minimum atomic E-state index is -0.965. The van der Waals surface area contributed by atoms with E-state index in [9.17, 15) is 4.79 Å². The summed E-state index contributed by atoms with van der Waals surface area (Å²) in [7, 11) is 0. The Kier molecular flexibility index (Phi) is 5.97. The standard InChI is InChI=1S/C12H20N2O2S/c1-3-5-6-9(4-2)7-13-12-14-10(8-17-12)11(15)16/h8-9H,3-7H2,1-2H3,(H,13,14)(H,15,16). The van der Waals surface area contributed by atoms with Gasteiger partial charge in [0.2, 0.25) is 0 Å². The van der Waals surface area contributed by atoms with Crippen LogP contribution in [0.15, 0.2) is 5.38 Å². The number of carboxylic acids is 1. The van der Waals surface area contributed by atoms with Crippen LogP contribution in [0.3, 0.4) is 0 Å². The van der Waals surface area contributed by atoms with Crippen molar-refractivity contribution in [2.45, 2.75) is 39.5 Å². The maximum atomic E-state index is 10.7. The molecule has 0 saturated heterocycles. The Balaban J connectivity index is 2.39. The van der Waals surface area contributed by atoms with Crippen LogP contribution >= 0.6 is 11.3 Å². The van der Waals surface area contributed by atoms with E-state index in [0.717, 1.165) is 13.0 Å². The van der Waals surface area contributed by atoms with E-state index in [-0.39, 0.29) is 5.69 Å². The van der Waals surface area contributed by atoms with Crippen molar-refractivity contribution < 1.29 is 9.90 Å². The van der Waals surface area contributed by atoms with Crippen molar-refractivity contribution in [2.24, 2.45) is 5.92 Å². The van der Waals surface area contributed by atoms with Gasteiger partial charge in [-0.2, -0.15) is 0 Å². The molecule has 1 unspecified atom stereocenters. The zero-order valence-corrected chi connectivity index (χ0v) is 11.2. The second-order valence-electron chi connectivity index (χ2n) is 4.14. The van der Waals surface area contributed by atoms with Crippen molar-refractivity contribution >= 4 is 22.4 Å². The molecule has 0 saturated carbocycles. The topological polar surface area (TPSA) is 62.2 Å². The number of carbonyl (C=O) groups is 1. The van der Waals surface area contributed by atoms with E-state index in [2.05, 4.69) is 24.1 Å². The first kappa shape index (κ1) is 14.0. The van der Waals surface area contributed by atoms with E-state index in [4.69, 9.17) is 5.11 Å². The maximum Gasteiger partial charge on any atom is 0.355 e. The van der Waals surface area contributed by atoms with Gasteiger partial charge in [0.05, 0.1) is 0 Å². The first-order valence-electron chi connectivity index (χ1n) is 6.10. The molecule has 1 rings (SSSR count). The van der Waals surface area contributed by atoms with E-state index >= 15 is 0 Å². The molecule has 0 radical (unpaired) electrons. The zero-order chi connectivity index (χ0) is 12.7. The molecular formula is C12H20N2O2S. The molecule has 1 heterocycles. The Labute approximate surface area is 106 Å². The molecule has 0 spiro atoms. The van der Waals surface area contributed by atoms with Gasteiger partial charge in [-0.3, -0.25) is 0 Å².